The topological polar surface area (TPSA) is 83.6 Å². The Morgan fingerprint density at radius 2 is 1.97 bits per heavy atom. The molecule has 3 heterocycles. The van der Waals surface area contributed by atoms with Crippen LogP contribution < -0.4 is 15.5 Å². The molecule has 4 rings (SSSR count). The minimum Gasteiger partial charge on any atom is -0.378 e. The van der Waals surface area contributed by atoms with Crippen LogP contribution in [0.1, 0.15) is 25.6 Å². The molecule has 0 spiro atoms. The Morgan fingerprint density at radius 3 is 2.68 bits per heavy atom. The highest BCUT2D eigenvalue weighted by Gasteiger charge is 2.14. The smallest absolute Gasteiger partial charge is 0.265 e. The van der Waals surface area contributed by atoms with Gasteiger partial charge in [-0.25, -0.2) is 4.98 Å². The van der Waals surface area contributed by atoms with Gasteiger partial charge in [0, 0.05) is 31.4 Å². The van der Waals surface area contributed by atoms with Gasteiger partial charge in [-0.1, -0.05) is 23.7 Å². The molecule has 2 N–H and O–H groups in total. The van der Waals surface area contributed by atoms with Crippen LogP contribution in [0.3, 0.4) is 0 Å². The van der Waals surface area contributed by atoms with Gasteiger partial charge in [-0.05, 0) is 41.3 Å². The van der Waals surface area contributed by atoms with Crippen LogP contribution in [0.15, 0.2) is 54.0 Å². The van der Waals surface area contributed by atoms with E-state index in [2.05, 4.69) is 20.5 Å². The van der Waals surface area contributed by atoms with Crippen LogP contribution in [0.4, 0.5) is 11.5 Å². The molecule has 160 valence electrons. The molecule has 3 aromatic rings. The van der Waals surface area contributed by atoms with E-state index in [0.29, 0.717) is 40.9 Å². The van der Waals surface area contributed by atoms with Crippen LogP contribution in [-0.4, -0.2) is 43.1 Å². The summed E-state index contributed by atoms with van der Waals surface area (Å²) in [5.74, 6) is 0.378. The molecule has 0 bridgehead atoms. The number of hydrogen-bond donors (Lipinski definition) is 2. The zero-order chi connectivity index (χ0) is 21.6. The van der Waals surface area contributed by atoms with Crippen molar-refractivity contribution in [3.8, 4) is 0 Å². The van der Waals surface area contributed by atoms with E-state index in [1.807, 2.05) is 17.5 Å². The average molecular weight is 457 g/mol. The fraction of sp³-hybridized carbons (Fsp3) is 0.227. The Balaban J connectivity index is 1.36. The van der Waals surface area contributed by atoms with E-state index in [4.69, 9.17) is 16.3 Å². The Kier molecular flexibility index (Phi) is 6.81. The predicted octanol–water partition coefficient (Wildman–Crippen LogP) is 3.82. The molecule has 0 aliphatic carbocycles. The number of carbonyl (C=O) groups is 2. The Morgan fingerprint density at radius 1 is 1.13 bits per heavy atom. The number of hydrogen-bond acceptors (Lipinski definition) is 6. The van der Waals surface area contributed by atoms with Crippen molar-refractivity contribution >= 4 is 46.3 Å². The Hall–Kier alpha value is -2.94. The molecule has 2 aromatic heterocycles. The van der Waals surface area contributed by atoms with Gasteiger partial charge in [-0.3, -0.25) is 9.59 Å². The lowest BCUT2D eigenvalue weighted by molar-refractivity contribution is 0.0949. The number of ether oxygens (including phenoxy) is 1. The first-order valence-corrected chi connectivity index (χ1v) is 11.1. The molecule has 1 saturated heterocycles. The highest BCUT2D eigenvalue weighted by molar-refractivity contribution is 7.12. The maximum absolute atomic E-state index is 12.6. The summed E-state index contributed by atoms with van der Waals surface area (Å²) in [6.45, 7) is 3.40. The first-order chi connectivity index (χ1) is 15.1. The normalized spacial score (nSPS) is 13.6. The van der Waals surface area contributed by atoms with Crippen molar-refractivity contribution in [2.24, 2.45) is 0 Å². The summed E-state index contributed by atoms with van der Waals surface area (Å²) >= 11 is 7.53. The predicted molar refractivity (Wildman–Crippen MR) is 122 cm³/mol. The summed E-state index contributed by atoms with van der Waals surface area (Å²) in [6, 6.07) is 12.2. The minimum absolute atomic E-state index is 0.263. The molecule has 1 fully saturated rings. The maximum atomic E-state index is 12.6. The first-order valence-electron chi connectivity index (χ1n) is 9.80. The number of rotatable bonds is 6. The molecular weight excluding hydrogens is 436 g/mol. The maximum Gasteiger partial charge on any atom is 0.265 e. The molecule has 0 saturated carbocycles. The Bertz CT molecular complexity index is 1050. The zero-order valence-electron chi connectivity index (χ0n) is 16.6. The third-order valence-electron chi connectivity index (χ3n) is 4.82. The Labute approximate surface area is 189 Å². The fourth-order valence-electron chi connectivity index (χ4n) is 3.14. The van der Waals surface area contributed by atoms with Gasteiger partial charge in [0.1, 0.15) is 5.82 Å². The summed E-state index contributed by atoms with van der Waals surface area (Å²) < 4.78 is 5.36. The quantitative estimate of drug-likeness (QED) is 0.589. The number of halogens is 1. The molecule has 1 aromatic carbocycles. The summed E-state index contributed by atoms with van der Waals surface area (Å²) in [5.41, 5.74) is 1.69. The second-order valence-corrected chi connectivity index (χ2v) is 8.29. The van der Waals surface area contributed by atoms with Gasteiger partial charge in [-0.2, -0.15) is 0 Å². The van der Waals surface area contributed by atoms with Gasteiger partial charge < -0.3 is 20.3 Å². The number of thiophene rings is 1. The van der Waals surface area contributed by atoms with Crippen molar-refractivity contribution in [1.82, 2.24) is 10.3 Å². The SMILES string of the molecule is O=C(NCc1ccc(N2CCOCC2)nc1)c1ccc(Cl)c(NC(=O)c2cccs2)c1. The second kappa shape index (κ2) is 9.91. The number of carbonyl (C=O) groups excluding carboxylic acids is 2. The lowest BCUT2D eigenvalue weighted by atomic mass is 10.1. The first kappa shape index (κ1) is 21.3. The number of nitrogens with one attached hydrogen (secondary N) is 2. The molecular formula is C22H21ClN4O3S. The fourth-order valence-corrected chi connectivity index (χ4v) is 3.92. The number of benzene rings is 1. The van der Waals surface area contributed by atoms with E-state index in [1.165, 1.54) is 11.3 Å². The van der Waals surface area contributed by atoms with Crippen LogP contribution in [0.25, 0.3) is 0 Å². The van der Waals surface area contributed by atoms with Gasteiger partial charge >= 0.3 is 0 Å². The number of pyridine rings is 1. The van der Waals surface area contributed by atoms with Gasteiger partial charge in [0.2, 0.25) is 0 Å². The van der Waals surface area contributed by atoms with Crippen LogP contribution in [0, 0.1) is 0 Å². The number of nitrogens with zero attached hydrogens (tertiary/aromatic N) is 2. The monoisotopic (exact) mass is 456 g/mol. The van der Waals surface area contributed by atoms with Crippen molar-refractivity contribution in [2.75, 3.05) is 36.5 Å². The highest BCUT2D eigenvalue weighted by Crippen LogP contribution is 2.24. The molecule has 1 aliphatic rings. The molecule has 0 radical (unpaired) electrons. The third kappa shape index (κ3) is 5.41. The van der Waals surface area contributed by atoms with Crippen molar-refractivity contribution in [2.45, 2.75) is 6.54 Å². The van der Waals surface area contributed by atoms with E-state index < -0.39 is 0 Å². The van der Waals surface area contributed by atoms with Crippen molar-refractivity contribution in [3.05, 3.63) is 75.1 Å². The minimum atomic E-state index is -0.263. The third-order valence-corrected chi connectivity index (χ3v) is 6.02. The van der Waals surface area contributed by atoms with Gasteiger partial charge in [0.05, 0.1) is 28.8 Å². The summed E-state index contributed by atoms with van der Waals surface area (Å²) in [7, 11) is 0. The van der Waals surface area contributed by atoms with Gasteiger partial charge in [0.25, 0.3) is 11.8 Å². The number of anilines is 2. The largest absolute Gasteiger partial charge is 0.378 e. The second-order valence-electron chi connectivity index (χ2n) is 6.93. The van der Waals surface area contributed by atoms with Crippen molar-refractivity contribution in [3.63, 3.8) is 0 Å². The van der Waals surface area contributed by atoms with Crippen molar-refractivity contribution < 1.29 is 14.3 Å². The van der Waals surface area contributed by atoms with E-state index in [1.54, 1.807) is 36.5 Å². The lowest BCUT2D eigenvalue weighted by Gasteiger charge is -2.27. The molecule has 2 amide bonds. The number of morpholine rings is 1. The summed E-state index contributed by atoms with van der Waals surface area (Å²) in [5, 5.41) is 7.82. The zero-order valence-corrected chi connectivity index (χ0v) is 18.2. The molecule has 1 aliphatic heterocycles. The molecule has 0 unspecified atom stereocenters. The number of amides is 2. The summed E-state index contributed by atoms with van der Waals surface area (Å²) in [6.07, 6.45) is 1.76. The van der Waals surface area contributed by atoms with Crippen LogP contribution in [0.2, 0.25) is 5.02 Å². The molecule has 9 heteroatoms. The molecule has 31 heavy (non-hydrogen) atoms. The molecule has 0 atom stereocenters. The lowest BCUT2D eigenvalue weighted by Crippen LogP contribution is -2.36. The summed E-state index contributed by atoms with van der Waals surface area (Å²) in [4.78, 5) is 32.1. The highest BCUT2D eigenvalue weighted by atomic mass is 35.5. The van der Waals surface area contributed by atoms with E-state index in [0.717, 1.165) is 24.5 Å². The van der Waals surface area contributed by atoms with Crippen LogP contribution >= 0.6 is 22.9 Å². The van der Waals surface area contributed by atoms with E-state index in [-0.39, 0.29) is 11.8 Å². The van der Waals surface area contributed by atoms with Crippen LogP contribution in [0.5, 0.6) is 0 Å². The average Bonchev–Trinajstić information content (AvgIpc) is 3.35. The standard InChI is InChI=1S/C22H21ClN4O3S/c23-17-5-4-16(12-18(17)26-22(29)19-2-1-11-31-19)21(28)25-14-15-3-6-20(24-13-15)27-7-9-30-10-8-27/h1-6,11-13H,7-10,14H2,(H,25,28)(H,26,29). The van der Waals surface area contributed by atoms with Gasteiger partial charge in [-0.15, -0.1) is 11.3 Å². The number of aromatic nitrogens is 1. The van der Waals surface area contributed by atoms with E-state index in [9.17, 15) is 9.59 Å². The van der Waals surface area contributed by atoms with Crippen molar-refractivity contribution in [1.29, 1.82) is 0 Å². The van der Waals surface area contributed by atoms with Gasteiger partial charge in [0.15, 0.2) is 0 Å². The van der Waals surface area contributed by atoms with E-state index >= 15 is 0 Å². The van der Waals surface area contributed by atoms with Crippen LogP contribution in [-0.2, 0) is 11.3 Å². The molecule has 7 nitrogen and oxygen atoms in total.